The minimum absolute atomic E-state index is 0.0348. The zero-order chi connectivity index (χ0) is 15.2. The number of hydrogen-bond donors (Lipinski definition) is 2. The van der Waals surface area contributed by atoms with Crippen LogP contribution >= 0.6 is 0 Å². The molecule has 2 atom stereocenters. The molecule has 1 aliphatic rings. The lowest BCUT2D eigenvalue weighted by Gasteiger charge is -2.32. The molecule has 0 radical (unpaired) electrons. The van der Waals surface area contributed by atoms with Gasteiger partial charge in [-0.3, -0.25) is 4.79 Å². The average molecular weight is 288 g/mol. The Hall–Kier alpha value is -1.35. The molecule has 0 bridgehead atoms. The predicted molar refractivity (Wildman–Crippen MR) is 87.7 cm³/mol. The van der Waals surface area contributed by atoms with E-state index in [2.05, 4.69) is 31.4 Å². The van der Waals surface area contributed by atoms with Gasteiger partial charge in [0.15, 0.2) is 0 Å². The van der Waals surface area contributed by atoms with Gasteiger partial charge < -0.3 is 10.6 Å². The van der Waals surface area contributed by atoms with Gasteiger partial charge in [-0.2, -0.15) is 0 Å². The Labute approximate surface area is 128 Å². The lowest BCUT2D eigenvalue weighted by Crippen LogP contribution is -2.48. The van der Waals surface area contributed by atoms with Crippen molar-refractivity contribution in [3.05, 3.63) is 35.4 Å². The minimum Gasteiger partial charge on any atom is -0.350 e. The number of carbonyl (C=O) groups excluding carboxylic acids is 1. The fraction of sp³-hybridized carbons (Fsp3) is 0.611. The van der Waals surface area contributed by atoms with Gasteiger partial charge in [0, 0.05) is 18.2 Å². The van der Waals surface area contributed by atoms with E-state index < -0.39 is 0 Å². The van der Waals surface area contributed by atoms with Gasteiger partial charge in [-0.05, 0) is 48.9 Å². The SMILES string of the molecule is CCC1CCCNC1CNC(=O)c1ccc(C(C)C)cc1. The summed E-state index contributed by atoms with van der Waals surface area (Å²) in [5, 5.41) is 6.62. The van der Waals surface area contributed by atoms with Crippen molar-refractivity contribution < 1.29 is 4.79 Å². The van der Waals surface area contributed by atoms with Crippen molar-refractivity contribution in [2.24, 2.45) is 5.92 Å². The second-order valence-electron chi connectivity index (χ2n) is 6.36. The maximum atomic E-state index is 12.2. The van der Waals surface area contributed by atoms with E-state index >= 15 is 0 Å². The molecule has 0 aliphatic carbocycles. The molecule has 3 nitrogen and oxygen atoms in total. The molecule has 2 unspecified atom stereocenters. The lowest BCUT2D eigenvalue weighted by atomic mass is 9.88. The van der Waals surface area contributed by atoms with Crippen LogP contribution in [0.5, 0.6) is 0 Å². The highest BCUT2D eigenvalue weighted by atomic mass is 16.1. The monoisotopic (exact) mass is 288 g/mol. The van der Waals surface area contributed by atoms with Crippen LogP contribution in [0.2, 0.25) is 0 Å². The summed E-state index contributed by atoms with van der Waals surface area (Å²) in [4.78, 5) is 12.2. The van der Waals surface area contributed by atoms with Gasteiger partial charge in [0.05, 0.1) is 0 Å². The summed E-state index contributed by atoms with van der Waals surface area (Å²) in [5.41, 5.74) is 2.02. The zero-order valence-corrected chi connectivity index (χ0v) is 13.5. The molecule has 1 amide bonds. The number of benzene rings is 1. The van der Waals surface area contributed by atoms with E-state index in [1.54, 1.807) is 0 Å². The molecular weight excluding hydrogens is 260 g/mol. The topological polar surface area (TPSA) is 41.1 Å². The molecule has 3 heteroatoms. The molecule has 2 rings (SSSR count). The van der Waals surface area contributed by atoms with Crippen LogP contribution in [0.1, 0.15) is 61.9 Å². The Morgan fingerprint density at radius 2 is 2.05 bits per heavy atom. The first-order valence-corrected chi connectivity index (χ1v) is 8.23. The van der Waals surface area contributed by atoms with E-state index in [0.717, 1.165) is 18.7 Å². The summed E-state index contributed by atoms with van der Waals surface area (Å²) < 4.78 is 0. The van der Waals surface area contributed by atoms with Crippen molar-refractivity contribution in [1.82, 2.24) is 10.6 Å². The summed E-state index contributed by atoms with van der Waals surface area (Å²) in [6, 6.07) is 8.37. The van der Waals surface area contributed by atoms with Gasteiger partial charge in [0.1, 0.15) is 0 Å². The largest absolute Gasteiger partial charge is 0.350 e. The Morgan fingerprint density at radius 1 is 1.33 bits per heavy atom. The molecule has 1 fully saturated rings. The summed E-state index contributed by atoms with van der Waals surface area (Å²) >= 11 is 0. The molecule has 0 saturated carbocycles. The molecule has 2 N–H and O–H groups in total. The van der Waals surface area contributed by atoms with E-state index in [4.69, 9.17) is 0 Å². The van der Waals surface area contributed by atoms with Gasteiger partial charge in [0.25, 0.3) is 5.91 Å². The molecule has 1 saturated heterocycles. The molecule has 116 valence electrons. The van der Waals surface area contributed by atoms with Crippen molar-refractivity contribution >= 4 is 5.91 Å². The van der Waals surface area contributed by atoms with Crippen LogP contribution < -0.4 is 10.6 Å². The first-order chi connectivity index (χ1) is 10.1. The summed E-state index contributed by atoms with van der Waals surface area (Å²) in [6.45, 7) is 8.35. The number of rotatable bonds is 5. The fourth-order valence-electron chi connectivity index (χ4n) is 3.07. The molecule has 1 aliphatic heterocycles. The first-order valence-electron chi connectivity index (χ1n) is 8.23. The van der Waals surface area contributed by atoms with Crippen molar-refractivity contribution in [1.29, 1.82) is 0 Å². The first kappa shape index (κ1) is 16.0. The number of carbonyl (C=O) groups is 1. The quantitative estimate of drug-likeness (QED) is 0.872. The maximum Gasteiger partial charge on any atom is 0.251 e. The van der Waals surface area contributed by atoms with Crippen LogP contribution in [0.15, 0.2) is 24.3 Å². The Morgan fingerprint density at radius 3 is 2.67 bits per heavy atom. The number of nitrogens with one attached hydrogen (secondary N) is 2. The smallest absolute Gasteiger partial charge is 0.251 e. The highest BCUT2D eigenvalue weighted by Crippen LogP contribution is 2.19. The van der Waals surface area contributed by atoms with E-state index in [1.807, 2.05) is 24.3 Å². The standard InChI is InChI=1S/C18H28N2O/c1-4-14-6-5-11-19-17(14)12-20-18(21)16-9-7-15(8-10-16)13(2)3/h7-10,13-14,17,19H,4-6,11-12H2,1-3H3,(H,20,21). The second kappa shape index (κ2) is 7.60. The Balaban J connectivity index is 1.89. The van der Waals surface area contributed by atoms with E-state index in [9.17, 15) is 4.79 Å². The molecule has 0 spiro atoms. The van der Waals surface area contributed by atoms with E-state index in [0.29, 0.717) is 17.9 Å². The summed E-state index contributed by atoms with van der Waals surface area (Å²) in [5.74, 6) is 1.22. The van der Waals surface area contributed by atoms with Crippen LogP contribution in [0.25, 0.3) is 0 Å². The van der Waals surface area contributed by atoms with Crippen LogP contribution in [-0.2, 0) is 0 Å². The van der Waals surface area contributed by atoms with Crippen LogP contribution in [0.3, 0.4) is 0 Å². The van der Waals surface area contributed by atoms with E-state index in [-0.39, 0.29) is 5.91 Å². The number of hydrogen-bond acceptors (Lipinski definition) is 2. The highest BCUT2D eigenvalue weighted by Gasteiger charge is 2.23. The van der Waals surface area contributed by atoms with Gasteiger partial charge in [-0.15, -0.1) is 0 Å². The third kappa shape index (κ3) is 4.31. The highest BCUT2D eigenvalue weighted by molar-refractivity contribution is 5.94. The van der Waals surface area contributed by atoms with Crippen molar-refractivity contribution in [2.45, 2.75) is 52.0 Å². The summed E-state index contributed by atoms with van der Waals surface area (Å²) in [6.07, 6.45) is 3.70. The number of piperidine rings is 1. The molecular formula is C18H28N2O. The zero-order valence-electron chi connectivity index (χ0n) is 13.5. The maximum absolute atomic E-state index is 12.2. The molecule has 21 heavy (non-hydrogen) atoms. The minimum atomic E-state index is 0.0348. The van der Waals surface area contributed by atoms with Gasteiger partial charge in [-0.1, -0.05) is 39.3 Å². The lowest BCUT2D eigenvalue weighted by molar-refractivity contribution is 0.0942. The summed E-state index contributed by atoms with van der Waals surface area (Å²) in [7, 11) is 0. The van der Waals surface area contributed by atoms with E-state index in [1.165, 1.54) is 24.8 Å². The van der Waals surface area contributed by atoms with Gasteiger partial charge in [0.2, 0.25) is 0 Å². The molecule has 0 aromatic heterocycles. The van der Waals surface area contributed by atoms with Crippen LogP contribution in [-0.4, -0.2) is 25.0 Å². The second-order valence-corrected chi connectivity index (χ2v) is 6.36. The fourth-order valence-corrected chi connectivity index (χ4v) is 3.07. The van der Waals surface area contributed by atoms with Crippen molar-refractivity contribution in [3.63, 3.8) is 0 Å². The van der Waals surface area contributed by atoms with Crippen LogP contribution in [0, 0.1) is 5.92 Å². The Kier molecular flexibility index (Phi) is 5.80. The van der Waals surface area contributed by atoms with Crippen molar-refractivity contribution in [3.8, 4) is 0 Å². The van der Waals surface area contributed by atoms with Gasteiger partial charge in [-0.25, -0.2) is 0 Å². The number of amides is 1. The predicted octanol–water partition coefficient (Wildman–Crippen LogP) is 3.32. The van der Waals surface area contributed by atoms with Gasteiger partial charge >= 0.3 is 0 Å². The Bertz CT molecular complexity index is 453. The normalized spacial score (nSPS) is 22.3. The molecule has 1 aromatic rings. The van der Waals surface area contributed by atoms with Crippen molar-refractivity contribution in [2.75, 3.05) is 13.1 Å². The van der Waals surface area contributed by atoms with Crippen LogP contribution in [0.4, 0.5) is 0 Å². The molecule has 1 heterocycles. The third-order valence-corrected chi connectivity index (χ3v) is 4.57. The average Bonchev–Trinajstić information content (AvgIpc) is 2.52. The third-order valence-electron chi connectivity index (χ3n) is 4.57. The molecule has 1 aromatic carbocycles.